The number of hydrogen-bond acceptors (Lipinski definition) is 4. The summed E-state index contributed by atoms with van der Waals surface area (Å²) in [5.41, 5.74) is 2.39. The van der Waals surface area contributed by atoms with Crippen molar-refractivity contribution in [2.45, 2.75) is 32.6 Å². The van der Waals surface area contributed by atoms with Gasteiger partial charge in [0.15, 0.2) is 5.78 Å². The molecule has 3 rings (SSSR count). The molecule has 6 nitrogen and oxygen atoms in total. The van der Waals surface area contributed by atoms with Crippen molar-refractivity contribution in [3.63, 3.8) is 0 Å². The second kappa shape index (κ2) is 9.16. The minimum atomic E-state index is -0.144. The van der Waals surface area contributed by atoms with Gasteiger partial charge in [0.1, 0.15) is 0 Å². The van der Waals surface area contributed by atoms with E-state index in [0.29, 0.717) is 48.2 Å². The van der Waals surface area contributed by atoms with Crippen LogP contribution in [0.25, 0.3) is 0 Å². The van der Waals surface area contributed by atoms with Crippen molar-refractivity contribution >= 4 is 29.0 Å². The van der Waals surface area contributed by atoms with Crippen molar-refractivity contribution in [2.24, 2.45) is 11.8 Å². The normalized spacial score (nSPS) is 18.3. The number of carbonyl (C=O) groups excluding carboxylic acids is 3. The average molecular weight is 389 g/mol. The van der Waals surface area contributed by atoms with Crippen LogP contribution in [0.5, 0.6) is 0 Å². The molecule has 0 atom stereocenters. The van der Waals surface area contributed by atoms with Crippen LogP contribution in [0.15, 0.2) is 48.5 Å². The fourth-order valence-electron chi connectivity index (χ4n) is 3.55. The fourth-order valence-corrected chi connectivity index (χ4v) is 3.55. The van der Waals surface area contributed by atoms with E-state index < -0.39 is 0 Å². The number of amides is 2. The maximum absolute atomic E-state index is 12.6. The molecule has 2 amide bonds. The second-order valence-corrected chi connectivity index (χ2v) is 7.35. The molecule has 0 spiro atoms. The predicted octanol–water partition coefficient (Wildman–Crippen LogP) is 4.14. The van der Waals surface area contributed by atoms with Gasteiger partial charge in [0.05, 0.1) is 11.6 Å². The minimum absolute atomic E-state index is 0.0464. The van der Waals surface area contributed by atoms with Gasteiger partial charge in [-0.15, -0.1) is 0 Å². The Morgan fingerprint density at radius 2 is 1.41 bits per heavy atom. The van der Waals surface area contributed by atoms with Crippen LogP contribution >= 0.6 is 0 Å². The lowest BCUT2D eigenvalue weighted by Gasteiger charge is -2.27. The highest BCUT2D eigenvalue weighted by Crippen LogP contribution is 2.30. The highest BCUT2D eigenvalue weighted by atomic mass is 16.2. The summed E-state index contributed by atoms with van der Waals surface area (Å²) in [7, 11) is 0. The Morgan fingerprint density at radius 1 is 0.862 bits per heavy atom. The molecule has 1 fully saturated rings. The molecule has 0 radical (unpaired) electrons. The van der Waals surface area contributed by atoms with Gasteiger partial charge in [0, 0.05) is 28.8 Å². The molecular weight excluding hydrogens is 366 g/mol. The zero-order valence-electron chi connectivity index (χ0n) is 16.3. The summed E-state index contributed by atoms with van der Waals surface area (Å²) in [6, 6.07) is 15.7. The van der Waals surface area contributed by atoms with Gasteiger partial charge >= 0.3 is 0 Å². The van der Waals surface area contributed by atoms with E-state index >= 15 is 0 Å². The summed E-state index contributed by atoms with van der Waals surface area (Å²) < 4.78 is 0. The van der Waals surface area contributed by atoms with E-state index in [9.17, 15) is 14.4 Å². The summed E-state index contributed by atoms with van der Waals surface area (Å²) in [6.07, 6.45) is 2.58. The number of nitrogens with zero attached hydrogens (tertiary/aromatic N) is 1. The van der Waals surface area contributed by atoms with Crippen LogP contribution in [0.3, 0.4) is 0 Å². The second-order valence-electron chi connectivity index (χ2n) is 7.35. The first-order valence-electron chi connectivity index (χ1n) is 9.69. The molecule has 148 valence electrons. The van der Waals surface area contributed by atoms with Crippen molar-refractivity contribution in [2.75, 3.05) is 10.6 Å². The molecule has 2 N–H and O–H groups in total. The number of rotatable bonds is 5. The number of benzene rings is 2. The number of hydrogen-bond donors (Lipinski definition) is 2. The SMILES string of the molecule is CC(=O)c1cccc(NC(=O)C2CCC(C(=O)Nc3ccc(C#N)cc3)CC2)c1. The molecule has 0 heterocycles. The lowest BCUT2D eigenvalue weighted by atomic mass is 9.81. The van der Waals surface area contributed by atoms with Gasteiger partial charge in [0.25, 0.3) is 0 Å². The van der Waals surface area contributed by atoms with Crippen LogP contribution in [-0.4, -0.2) is 17.6 Å². The van der Waals surface area contributed by atoms with Crippen molar-refractivity contribution < 1.29 is 14.4 Å². The summed E-state index contributed by atoms with van der Waals surface area (Å²) in [5, 5.41) is 14.6. The monoisotopic (exact) mass is 389 g/mol. The maximum atomic E-state index is 12.6. The Balaban J connectivity index is 1.51. The molecule has 1 aliphatic carbocycles. The molecule has 2 aromatic carbocycles. The molecule has 1 aliphatic rings. The van der Waals surface area contributed by atoms with Gasteiger partial charge in [-0.2, -0.15) is 5.26 Å². The molecule has 0 bridgehead atoms. The summed E-state index contributed by atoms with van der Waals surface area (Å²) in [5.74, 6) is -0.444. The third kappa shape index (κ3) is 5.29. The summed E-state index contributed by atoms with van der Waals surface area (Å²) >= 11 is 0. The molecule has 6 heteroatoms. The molecule has 0 unspecified atom stereocenters. The zero-order chi connectivity index (χ0) is 20.8. The predicted molar refractivity (Wildman–Crippen MR) is 110 cm³/mol. The first kappa shape index (κ1) is 20.3. The van der Waals surface area contributed by atoms with E-state index in [1.807, 2.05) is 6.07 Å². The van der Waals surface area contributed by atoms with Gasteiger partial charge in [-0.3, -0.25) is 14.4 Å². The zero-order valence-corrected chi connectivity index (χ0v) is 16.3. The number of Topliss-reactive ketones (excluding diaryl/α,β-unsaturated/α-hetero) is 1. The summed E-state index contributed by atoms with van der Waals surface area (Å²) in [6.45, 7) is 1.49. The minimum Gasteiger partial charge on any atom is -0.326 e. The molecular formula is C23H23N3O3. The van der Waals surface area contributed by atoms with Crippen molar-refractivity contribution in [3.8, 4) is 6.07 Å². The largest absolute Gasteiger partial charge is 0.326 e. The number of carbonyl (C=O) groups is 3. The number of nitriles is 1. The number of ketones is 1. The standard InChI is InChI=1S/C23H23N3O3/c1-15(27)19-3-2-4-21(13-19)26-23(29)18-9-7-17(8-10-18)22(28)25-20-11-5-16(14-24)6-12-20/h2-6,11-13,17-18H,7-10H2,1H3,(H,25,28)(H,26,29). The Hall–Kier alpha value is -3.46. The van der Waals surface area contributed by atoms with Crippen LogP contribution in [0.4, 0.5) is 11.4 Å². The van der Waals surface area contributed by atoms with Crippen LogP contribution in [0, 0.1) is 23.2 Å². The summed E-state index contributed by atoms with van der Waals surface area (Å²) in [4.78, 5) is 36.5. The van der Waals surface area contributed by atoms with Crippen LogP contribution < -0.4 is 10.6 Å². The van der Waals surface area contributed by atoms with E-state index in [2.05, 4.69) is 10.6 Å². The maximum Gasteiger partial charge on any atom is 0.227 e. The Bertz CT molecular complexity index is 952. The first-order chi connectivity index (χ1) is 14.0. The van der Waals surface area contributed by atoms with Crippen LogP contribution in [-0.2, 0) is 9.59 Å². The van der Waals surface area contributed by atoms with Crippen molar-refractivity contribution in [1.82, 2.24) is 0 Å². The third-order valence-corrected chi connectivity index (χ3v) is 5.29. The Kier molecular flexibility index (Phi) is 6.40. The van der Waals surface area contributed by atoms with Crippen molar-refractivity contribution in [3.05, 3.63) is 59.7 Å². The smallest absolute Gasteiger partial charge is 0.227 e. The van der Waals surface area contributed by atoms with Crippen LogP contribution in [0.1, 0.15) is 48.5 Å². The van der Waals surface area contributed by atoms with E-state index in [0.717, 1.165) is 0 Å². The van der Waals surface area contributed by atoms with Gasteiger partial charge in [-0.05, 0) is 69.0 Å². The van der Waals surface area contributed by atoms with Crippen LogP contribution in [0.2, 0.25) is 0 Å². The van der Waals surface area contributed by atoms with Gasteiger partial charge in [-0.25, -0.2) is 0 Å². The molecule has 0 aromatic heterocycles. The quantitative estimate of drug-likeness (QED) is 0.751. The van der Waals surface area contributed by atoms with Gasteiger partial charge < -0.3 is 10.6 Å². The van der Waals surface area contributed by atoms with Gasteiger partial charge in [0.2, 0.25) is 11.8 Å². The Morgan fingerprint density at radius 3 is 1.93 bits per heavy atom. The lowest BCUT2D eigenvalue weighted by Crippen LogP contribution is -2.32. The average Bonchev–Trinajstić information content (AvgIpc) is 2.74. The van der Waals surface area contributed by atoms with E-state index in [1.165, 1.54) is 6.92 Å². The molecule has 1 saturated carbocycles. The van der Waals surface area contributed by atoms with Gasteiger partial charge in [-0.1, -0.05) is 12.1 Å². The first-order valence-corrected chi connectivity index (χ1v) is 9.69. The highest BCUT2D eigenvalue weighted by molar-refractivity contribution is 5.98. The Labute approximate surface area is 169 Å². The lowest BCUT2D eigenvalue weighted by molar-refractivity contribution is -0.125. The molecule has 0 aliphatic heterocycles. The van der Waals surface area contributed by atoms with E-state index in [1.54, 1.807) is 48.5 Å². The number of anilines is 2. The van der Waals surface area contributed by atoms with E-state index in [-0.39, 0.29) is 29.4 Å². The molecule has 2 aromatic rings. The fraction of sp³-hybridized carbons (Fsp3) is 0.304. The third-order valence-electron chi connectivity index (χ3n) is 5.29. The molecule has 29 heavy (non-hydrogen) atoms. The number of nitrogens with one attached hydrogen (secondary N) is 2. The van der Waals surface area contributed by atoms with E-state index in [4.69, 9.17) is 5.26 Å². The topological polar surface area (TPSA) is 99.1 Å². The molecule has 0 saturated heterocycles. The van der Waals surface area contributed by atoms with Crippen molar-refractivity contribution in [1.29, 1.82) is 5.26 Å². The highest BCUT2D eigenvalue weighted by Gasteiger charge is 2.30.